The molecule has 0 aliphatic heterocycles. The van der Waals surface area contributed by atoms with Gasteiger partial charge in [-0.2, -0.15) is 0 Å². The molecule has 20 heavy (non-hydrogen) atoms. The Labute approximate surface area is 122 Å². The van der Waals surface area contributed by atoms with Crippen LogP contribution in [0.25, 0.3) is 10.8 Å². The molecule has 0 saturated carbocycles. The van der Waals surface area contributed by atoms with E-state index in [-0.39, 0.29) is 0 Å². The Morgan fingerprint density at radius 3 is 2.55 bits per heavy atom. The van der Waals surface area contributed by atoms with Gasteiger partial charge in [0, 0.05) is 6.42 Å². The summed E-state index contributed by atoms with van der Waals surface area (Å²) in [7, 11) is 0. The first-order valence-corrected chi connectivity index (χ1v) is 7.55. The molecule has 0 radical (unpaired) electrons. The Morgan fingerprint density at radius 1 is 1.10 bits per heavy atom. The van der Waals surface area contributed by atoms with Crippen LogP contribution in [0.3, 0.4) is 0 Å². The molecule has 0 amide bonds. The quantitative estimate of drug-likeness (QED) is 0.782. The normalized spacial score (nSPS) is 12.8. The van der Waals surface area contributed by atoms with Crippen molar-refractivity contribution < 1.29 is 5.11 Å². The molecule has 0 spiro atoms. The minimum Gasteiger partial charge on any atom is -0.387 e. The smallest absolute Gasteiger partial charge is 0.0941 e. The molecule has 1 unspecified atom stereocenters. The van der Waals surface area contributed by atoms with Gasteiger partial charge in [0.25, 0.3) is 0 Å². The highest BCUT2D eigenvalue weighted by atomic mass is 32.1. The van der Waals surface area contributed by atoms with Gasteiger partial charge < -0.3 is 5.11 Å². The zero-order valence-electron chi connectivity index (χ0n) is 11.6. The van der Waals surface area contributed by atoms with Crippen LogP contribution in [0.4, 0.5) is 0 Å². The van der Waals surface area contributed by atoms with Crippen LogP contribution in [-0.4, -0.2) is 10.1 Å². The summed E-state index contributed by atoms with van der Waals surface area (Å²) in [4.78, 5) is 5.36. The molecule has 3 aromatic rings. The molecule has 1 N–H and O–H groups in total. The number of hydrogen-bond donors (Lipinski definition) is 1. The Bertz CT molecular complexity index is 748. The van der Waals surface area contributed by atoms with Gasteiger partial charge >= 0.3 is 0 Å². The fraction of sp³-hybridized carbons (Fsp3) is 0.235. The Morgan fingerprint density at radius 2 is 1.85 bits per heavy atom. The highest BCUT2D eigenvalue weighted by Crippen LogP contribution is 2.28. The minimum atomic E-state index is -0.470. The summed E-state index contributed by atoms with van der Waals surface area (Å²) >= 11 is 1.58. The maximum atomic E-state index is 10.4. The van der Waals surface area contributed by atoms with Gasteiger partial charge in [-0.1, -0.05) is 42.5 Å². The van der Waals surface area contributed by atoms with Crippen molar-refractivity contribution in [2.75, 3.05) is 0 Å². The summed E-state index contributed by atoms with van der Waals surface area (Å²) < 4.78 is 0. The first kappa shape index (κ1) is 13.3. The number of aryl methyl sites for hydroxylation is 2. The van der Waals surface area contributed by atoms with E-state index in [0.717, 1.165) is 21.1 Å². The molecule has 1 aromatic heterocycles. The van der Waals surface area contributed by atoms with Crippen molar-refractivity contribution in [2.45, 2.75) is 26.4 Å². The second-order valence-corrected chi connectivity index (χ2v) is 6.32. The second-order valence-electron chi connectivity index (χ2n) is 5.08. The summed E-state index contributed by atoms with van der Waals surface area (Å²) in [5.41, 5.74) is 2.10. The van der Waals surface area contributed by atoms with Gasteiger partial charge in [-0.25, -0.2) is 4.98 Å². The average Bonchev–Trinajstić information content (AvgIpc) is 2.78. The summed E-state index contributed by atoms with van der Waals surface area (Å²) in [6.07, 6.45) is 0.162. The third kappa shape index (κ3) is 2.60. The van der Waals surface area contributed by atoms with E-state index in [1.165, 1.54) is 10.8 Å². The highest BCUT2D eigenvalue weighted by Gasteiger charge is 2.15. The lowest BCUT2D eigenvalue weighted by atomic mass is 10.0. The predicted octanol–water partition coefficient (Wildman–Crippen LogP) is 4.19. The Hall–Kier alpha value is -1.71. The van der Waals surface area contributed by atoms with Crippen LogP contribution < -0.4 is 0 Å². The van der Waals surface area contributed by atoms with Crippen molar-refractivity contribution in [3.63, 3.8) is 0 Å². The number of aliphatic hydroxyl groups excluding tert-OH is 1. The number of nitrogens with zero attached hydrogens (tertiary/aromatic N) is 1. The number of fused-ring (bicyclic) bond motifs is 1. The van der Waals surface area contributed by atoms with Crippen molar-refractivity contribution in [1.82, 2.24) is 4.98 Å². The lowest BCUT2D eigenvalue weighted by molar-refractivity contribution is 0.181. The topological polar surface area (TPSA) is 33.1 Å². The van der Waals surface area contributed by atoms with Gasteiger partial charge in [0.2, 0.25) is 0 Å². The van der Waals surface area contributed by atoms with Crippen LogP contribution in [0.5, 0.6) is 0 Å². The molecule has 0 aliphatic rings. The lowest BCUT2D eigenvalue weighted by Crippen LogP contribution is -2.01. The molecule has 0 saturated heterocycles. The molecule has 102 valence electrons. The number of hydrogen-bond acceptors (Lipinski definition) is 3. The third-order valence-electron chi connectivity index (χ3n) is 3.48. The second kappa shape index (κ2) is 5.35. The maximum Gasteiger partial charge on any atom is 0.0941 e. The molecule has 3 heteroatoms. The van der Waals surface area contributed by atoms with Gasteiger partial charge in [0.15, 0.2) is 0 Å². The summed E-state index contributed by atoms with van der Waals surface area (Å²) in [5, 5.41) is 13.9. The van der Waals surface area contributed by atoms with E-state index < -0.39 is 6.10 Å². The fourth-order valence-corrected chi connectivity index (χ4v) is 3.45. The number of aromatic nitrogens is 1. The van der Waals surface area contributed by atoms with Crippen molar-refractivity contribution >= 4 is 22.1 Å². The van der Waals surface area contributed by atoms with Gasteiger partial charge in [0.05, 0.1) is 21.7 Å². The van der Waals surface area contributed by atoms with Crippen molar-refractivity contribution in [3.05, 3.63) is 63.6 Å². The van der Waals surface area contributed by atoms with Crippen LogP contribution in [0.1, 0.15) is 27.2 Å². The van der Waals surface area contributed by atoms with Crippen molar-refractivity contribution in [3.8, 4) is 0 Å². The van der Waals surface area contributed by atoms with E-state index in [0.29, 0.717) is 6.42 Å². The van der Waals surface area contributed by atoms with E-state index in [4.69, 9.17) is 0 Å². The zero-order valence-corrected chi connectivity index (χ0v) is 12.4. The zero-order chi connectivity index (χ0) is 14.1. The standard InChI is InChI=1S/C17H17NOS/c1-11-17(20-12(2)18-11)16(19)10-13-7-8-14-5-3-4-6-15(14)9-13/h3-9,16,19H,10H2,1-2H3. The van der Waals surface area contributed by atoms with Gasteiger partial charge in [-0.3, -0.25) is 0 Å². The number of aliphatic hydroxyl groups is 1. The molecule has 1 atom stereocenters. The van der Waals surface area contributed by atoms with Crippen LogP contribution in [0, 0.1) is 13.8 Å². The van der Waals surface area contributed by atoms with Gasteiger partial charge in [0.1, 0.15) is 0 Å². The summed E-state index contributed by atoms with van der Waals surface area (Å²) in [5.74, 6) is 0. The lowest BCUT2D eigenvalue weighted by Gasteiger charge is -2.10. The Balaban J connectivity index is 1.87. The van der Waals surface area contributed by atoms with Gasteiger partial charge in [-0.15, -0.1) is 11.3 Å². The summed E-state index contributed by atoms with van der Waals surface area (Å²) in [6.45, 7) is 3.94. The molecule has 0 aliphatic carbocycles. The molecular weight excluding hydrogens is 266 g/mol. The fourth-order valence-electron chi connectivity index (χ4n) is 2.54. The van der Waals surface area contributed by atoms with Crippen LogP contribution in [-0.2, 0) is 6.42 Å². The Kier molecular flexibility index (Phi) is 3.55. The molecule has 1 heterocycles. The average molecular weight is 283 g/mol. The van der Waals surface area contributed by atoms with Crippen LogP contribution in [0.2, 0.25) is 0 Å². The van der Waals surface area contributed by atoms with Crippen LogP contribution >= 0.6 is 11.3 Å². The first-order valence-electron chi connectivity index (χ1n) is 6.73. The largest absolute Gasteiger partial charge is 0.387 e. The molecular formula is C17H17NOS. The SMILES string of the molecule is Cc1nc(C)c(C(O)Cc2ccc3ccccc3c2)s1. The molecule has 0 fully saturated rings. The molecule has 3 rings (SSSR count). The van der Waals surface area contributed by atoms with Crippen molar-refractivity contribution in [2.24, 2.45) is 0 Å². The van der Waals surface area contributed by atoms with E-state index in [2.05, 4.69) is 35.3 Å². The van der Waals surface area contributed by atoms with E-state index in [1.807, 2.05) is 26.0 Å². The molecule has 2 nitrogen and oxygen atoms in total. The first-order chi connectivity index (χ1) is 9.63. The highest BCUT2D eigenvalue weighted by molar-refractivity contribution is 7.11. The summed E-state index contributed by atoms with van der Waals surface area (Å²) in [6, 6.07) is 14.7. The van der Waals surface area contributed by atoms with Gasteiger partial charge in [-0.05, 0) is 30.2 Å². The van der Waals surface area contributed by atoms with E-state index in [1.54, 1.807) is 11.3 Å². The minimum absolute atomic E-state index is 0.470. The number of benzene rings is 2. The van der Waals surface area contributed by atoms with E-state index >= 15 is 0 Å². The van der Waals surface area contributed by atoms with Crippen LogP contribution in [0.15, 0.2) is 42.5 Å². The third-order valence-corrected chi connectivity index (χ3v) is 4.66. The maximum absolute atomic E-state index is 10.4. The molecule has 2 aromatic carbocycles. The number of thiazole rings is 1. The predicted molar refractivity (Wildman–Crippen MR) is 84.2 cm³/mol. The van der Waals surface area contributed by atoms with Crippen molar-refractivity contribution in [1.29, 1.82) is 0 Å². The molecule has 0 bridgehead atoms. The van der Waals surface area contributed by atoms with E-state index in [9.17, 15) is 5.11 Å². The monoisotopic (exact) mass is 283 g/mol. The number of rotatable bonds is 3.